The molecule has 84 valence electrons. The van der Waals surface area contributed by atoms with Crippen LogP contribution in [-0.4, -0.2) is 23.5 Å². The maximum atomic E-state index is 8.49. The Morgan fingerprint density at radius 2 is 2.38 bits per heavy atom. The van der Waals surface area contributed by atoms with Gasteiger partial charge in [0.1, 0.15) is 5.75 Å². The van der Waals surface area contributed by atoms with Crippen molar-refractivity contribution in [2.45, 2.75) is 0 Å². The van der Waals surface area contributed by atoms with Crippen LogP contribution in [0.15, 0.2) is 34.5 Å². The molecule has 1 N–H and O–H groups in total. The quantitative estimate of drug-likeness (QED) is 0.163. The normalized spacial score (nSPS) is 10.7. The third kappa shape index (κ3) is 3.68. The number of hydrogen-bond donors (Lipinski definition) is 1. The van der Waals surface area contributed by atoms with E-state index in [1.807, 2.05) is 0 Å². The monoisotopic (exact) mass is 240 g/mol. The third-order valence-corrected chi connectivity index (χ3v) is 1.98. The Kier molecular flexibility index (Phi) is 4.98. The Morgan fingerprint density at radius 3 is 3.06 bits per heavy atom. The lowest BCUT2D eigenvalue weighted by molar-refractivity contribution is 0.320. The highest BCUT2D eigenvalue weighted by molar-refractivity contribution is 6.69. The van der Waals surface area contributed by atoms with Crippen LogP contribution < -0.4 is 4.74 Å². The molecule has 1 aromatic carbocycles. The summed E-state index contributed by atoms with van der Waals surface area (Å²) in [6, 6.07) is 6.74. The number of rotatable bonds is 5. The molecule has 7 heteroatoms. The summed E-state index contributed by atoms with van der Waals surface area (Å²) in [7, 11) is 0. The van der Waals surface area contributed by atoms with Crippen molar-refractivity contribution in [3.05, 3.63) is 40.3 Å². The predicted molar refractivity (Wildman–Crippen MR) is 60.1 cm³/mol. The molecule has 0 unspecified atom stereocenters. The standard InChI is InChI=1S/C9H9ClN4O2/c10-9(13-15)7-2-1-3-8(6-7)16-5-4-12-14-11/h1-3,6,15H,4-5H2/b13-9-. The Bertz CT molecular complexity index is 429. The first-order valence-electron chi connectivity index (χ1n) is 4.39. The van der Waals surface area contributed by atoms with Crippen LogP contribution in [0.3, 0.4) is 0 Å². The van der Waals surface area contributed by atoms with Gasteiger partial charge in [-0.05, 0) is 17.7 Å². The van der Waals surface area contributed by atoms with Gasteiger partial charge in [0.25, 0.3) is 0 Å². The second-order valence-corrected chi connectivity index (χ2v) is 3.08. The van der Waals surface area contributed by atoms with Gasteiger partial charge in [0.15, 0.2) is 5.17 Å². The highest BCUT2D eigenvalue weighted by Crippen LogP contribution is 2.15. The van der Waals surface area contributed by atoms with Crippen molar-refractivity contribution in [2.24, 2.45) is 10.3 Å². The van der Waals surface area contributed by atoms with E-state index >= 15 is 0 Å². The average Bonchev–Trinajstić information content (AvgIpc) is 2.34. The van der Waals surface area contributed by atoms with Crippen LogP contribution in [0.1, 0.15) is 5.56 Å². The first-order chi connectivity index (χ1) is 7.77. The van der Waals surface area contributed by atoms with Crippen LogP contribution in [0, 0.1) is 0 Å². The lowest BCUT2D eigenvalue weighted by Crippen LogP contribution is -2.01. The highest BCUT2D eigenvalue weighted by Gasteiger charge is 2.01. The van der Waals surface area contributed by atoms with E-state index in [1.165, 1.54) is 0 Å². The van der Waals surface area contributed by atoms with Gasteiger partial charge in [-0.2, -0.15) is 0 Å². The Morgan fingerprint density at radius 1 is 1.56 bits per heavy atom. The summed E-state index contributed by atoms with van der Waals surface area (Å²) in [5.41, 5.74) is 8.60. The largest absolute Gasteiger partial charge is 0.493 e. The fourth-order valence-corrected chi connectivity index (χ4v) is 1.14. The van der Waals surface area contributed by atoms with Gasteiger partial charge in [0, 0.05) is 10.5 Å². The molecule has 0 amide bonds. The van der Waals surface area contributed by atoms with Gasteiger partial charge in [-0.1, -0.05) is 34.0 Å². The molecule has 6 nitrogen and oxygen atoms in total. The van der Waals surface area contributed by atoms with Gasteiger partial charge in [-0.15, -0.1) is 0 Å². The minimum atomic E-state index is -0.0134. The van der Waals surface area contributed by atoms with E-state index in [0.29, 0.717) is 11.3 Å². The van der Waals surface area contributed by atoms with Crippen LogP contribution in [0.25, 0.3) is 10.4 Å². The highest BCUT2D eigenvalue weighted by atomic mass is 35.5. The zero-order chi connectivity index (χ0) is 11.8. The summed E-state index contributed by atoms with van der Waals surface area (Å²) in [5, 5.41) is 14.7. The second-order valence-electron chi connectivity index (χ2n) is 2.72. The van der Waals surface area contributed by atoms with E-state index in [2.05, 4.69) is 15.2 Å². The molecule has 0 atom stereocenters. The summed E-state index contributed by atoms with van der Waals surface area (Å²) in [6.07, 6.45) is 0. The number of ether oxygens (including phenoxy) is 1. The summed E-state index contributed by atoms with van der Waals surface area (Å²) in [6.45, 7) is 0.532. The molecule has 0 fully saturated rings. The van der Waals surface area contributed by atoms with Crippen molar-refractivity contribution in [1.29, 1.82) is 0 Å². The van der Waals surface area contributed by atoms with Gasteiger partial charge in [-0.25, -0.2) is 0 Å². The molecule has 0 radical (unpaired) electrons. The average molecular weight is 241 g/mol. The molecule has 0 heterocycles. The van der Waals surface area contributed by atoms with Crippen LogP contribution in [0.4, 0.5) is 0 Å². The molecule has 1 aromatic rings. The van der Waals surface area contributed by atoms with Crippen molar-refractivity contribution in [1.82, 2.24) is 0 Å². The fourth-order valence-electron chi connectivity index (χ4n) is 1.02. The molecular formula is C9H9ClN4O2. The fraction of sp³-hybridized carbons (Fsp3) is 0.222. The zero-order valence-corrected chi connectivity index (χ0v) is 9.00. The van der Waals surface area contributed by atoms with Gasteiger partial charge in [0.2, 0.25) is 0 Å². The maximum absolute atomic E-state index is 8.49. The van der Waals surface area contributed by atoms with Crippen LogP contribution >= 0.6 is 11.6 Å². The molecule has 0 aliphatic carbocycles. The van der Waals surface area contributed by atoms with E-state index in [1.54, 1.807) is 24.3 Å². The van der Waals surface area contributed by atoms with Crippen molar-refractivity contribution < 1.29 is 9.94 Å². The van der Waals surface area contributed by atoms with Gasteiger partial charge in [-0.3, -0.25) is 0 Å². The number of hydrogen-bond acceptors (Lipinski definition) is 4. The predicted octanol–water partition coefficient (Wildman–Crippen LogP) is 2.75. The van der Waals surface area contributed by atoms with Crippen molar-refractivity contribution in [2.75, 3.05) is 13.2 Å². The van der Waals surface area contributed by atoms with E-state index in [0.717, 1.165) is 0 Å². The molecule has 0 bridgehead atoms. The Balaban J connectivity index is 2.64. The van der Waals surface area contributed by atoms with Crippen LogP contribution in [0.2, 0.25) is 0 Å². The van der Waals surface area contributed by atoms with Crippen molar-refractivity contribution >= 4 is 16.8 Å². The number of halogens is 1. The molecule has 1 rings (SSSR count). The summed E-state index contributed by atoms with van der Waals surface area (Å²) >= 11 is 5.62. The SMILES string of the molecule is [N-]=[N+]=NCCOc1cccc(/C(Cl)=N/O)c1. The molecule has 0 aliphatic heterocycles. The molecular weight excluding hydrogens is 232 g/mol. The van der Waals surface area contributed by atoms with Crippen LogP contribution in [0.5, 0.6) is 5.75 Å². The Labute approximate surface area is 96.7 Å². The number of azide groups is 1. The summed E-state index contributed by atoms with van der Waals surface area (Å²) in [5.74, 6) is 0.562. The molecule has 16 heavy (non-hydrogen) atoms. The topological polar surface area (TPSA) is 90.6 Å². The molecule has 0 spiro atoms. The van der Waals surface area contributed by atoms with Crippen molar-refractivity contribution in [3.8, 4) is 5.75 Å². The van der Waals surface area contributed by atoms with Gasteiger partial charge in [0.05, 0.1) is 13.2 Å². The van der Waals surface area contributed by atoms with Gasteiger partial charge >= 0.3 is 0 Å². The minimum Gasteiger partial charge on any atom is -0.493 e. The summed E-state index contributed by atoms with van der Waals surface area (Å²) in [4.78, 5) is 2.60. The number of oxime groups is 1. The van der Waals surface area contributed by atoms with Crippen LogP contribution in [-0.2, 0) is 0 Å². The summed E-state index contributed by atoms with van der Waals surface area (Å²) < 4.78 is 5.28. The van der Waals surface area contributed by atoms with Gasteiger partial charge < -0.3 is 9.94 Å². The molecule has 0 saturated heterocycles. The maximum Gasteiger partial charge on any atom is 0.175 e. The molecule has 0 aliphatic rings. The molecule has 0 aromatic heterocycles. The smallest absolute Gasteiger partial charge is 0.175 e. The Hall–Kier alpha value is -1.91. The zero-order valence-electron chi connectivity index (χ0n) is 8.25. The van der Waals surface area contributed by atoms with E-state index in [-0.39, 0.29) is 18.3 Å². The number of benzene rings is 1. The second kappa shape index (κ2) is 6.55. The lowest BCUT2D eigenvalue weighted by Gasteiger charge is -2.05. The lowest BCUT2D eigenvalue weighted by atomic mass is 10.2. The first-order valence-corrected chi connectivity index (χ1v) is 4.77. The third-order valence-electron chi connectivity index (χ3n) is 1.68. The van der Waals surface area contributed by atoms with E-state index in [9.17, 15) is 0 Å². The van der Waals surface area contributed by atoms with Crippen molar-refractivity contribution in [3.63, 3.8) is 0 Å². The van der Waals surface area contributed by atoms with E-state index in [4.69, 9.17) is 27.1 Å². The molecule has 0 saturated carbocycles. The first kappa shape index (κ1) is 12.2. The number of nitrogens with zero attached hydrogens (tertiary/aromatic N) is 4. The van der Waals surface area contributed by atoms with E-state index < -0.39 is 0 Å². The minimum absolute atomic E-state index is 0.0134.